The lowest BCUT2D eigenvalue weighted by Gasteiger charge is -2.11. The maximum Gasteiger partial charge on any atom is 0.124 e. The molecule has 0 atom stereocenters. The number of H-pyrrole nitrogens is 2. The minimum Gasteiger partial charge on any atom is -0.744 e. The summed E-state index contributed by atoms with van der Waals surface area (Å²) in [6, 6.07) is 20.4. The summed E-state index contributed by atoms with van der Waals surface area (Å²) < 4.78 is 149. The molecule has 16 nitrogen and oxygen atoms in total. The molecule has 9 rings (SSSR count). The molecule has 0 aliphatic carbocycles. The number of benzene rings is 4. The third-order valence-electron chi connectivity index (χ3n) is 11.1. The Kier molecular flexibility index (Phi) is 14.6. The van der Waals surface area contributed by atoms with Crippen molar-refractivity contribution in [1.29, 1.82) is 0 Å². The monoisotopic (exact) mass is 1550 g/mol. The first-order valence-corrected chi connectivity index (χ1v) is 31.5. The highest BCUT2D eigenvalue weighted by Gasteiger charge is 2.31. The lowest BCUT2D eigenvalue weighted by atomic mass is 10.0. The first kappa shape index (κ1) is 53.8. The van der Waals surface area contributed by atoms with Crippen molar-refractivity contribution >= 4 is 208 Å². The number of halogens is 8. The van der Waals surface area contributed by atoms with Crippen molar-refractivity contribution in [1.82, 2.24) is 19.9 Å². The molecule has 2 N–H and O–H groups in total. The number of aromatic amines is 2. The normalized spacial score (nSPS) is 13.6. The molecule has 7 aromatic rings. The van der Waals surface area contributed by atoms with Crippen molar-refractivity contribution in [3.8, 4) is 44.5 Å². The highest BCUT2D eigenvalue weighted by molar-refractivity contribution is 9.18. The summed E-state index contributed by atoms with van der Waals surface area (Å²) in [5, 5.41) is 0. The van der Waals surface area contributed by atoms with Gasteiger partial charge in [-0.3, -0.25) is 0 Å². The van der Waals surface area contributed by atoms with Gasteiger partial charge in [0.25, 0.3) is 0 Å². The summed E-state index contributed by atoms with van der Waals surface area (Å²) in [6.45, 7) is 0. The lowest BCUT2D eigenvalue weighted by Crippen LogP contribution is -1.98. The minimum absolute atomic E-state index is 0.214. The Morgan fingerprint density at radius 2 is 0.472 bits per heavy atom. The molecule has 0 saturated carbocycles. The van der Waals surface area contributed by atoms with Gasteiger partial charge in [-0.25, -0.2) is 43.6 Å². The highest BCUT2D eigenvalue weighted by atomic mass is 79.9. The summed E-state index contributed by atoms with van der Waals surface area (Å²) in [5.74, 6) is 0. The first-order valence-electron chi connectivity index (χ1n) is 19.5. The third kappa shape index (κ3) is 9.74. The summed E-state index contributed by atoms with van der Waals surface area (Å²) >= 11 is 29.9. The molecule has 2 aliphatic rings. The Labute approximate surface area is 475 Å². The number of fused-ring (bicyclic) bond motifs is 8. The maximum atomic E-state index is 12.2. The standard InChI is InChI=1S/C44H22Br8N4O12S4/c45-29-31(47)39-26(18-3-11-22(12-4-18)70(60,61)62)41-33(49)35(51)43(55-41)28(20-7-15-24(16-8-20)72(66,67)68)44-36(52)34(50)42(56-44)27(19-5-13-23(14-6-19)71(63,64)65)40-32(48)30(46)38(54-40)25(37(29)53-39)17-1-9-21(10-2-17)69(57,58)59/h1-16,53,56H,(H,57,58,59)(H,60,61,62)(H,63,64,65)(H,66,67,68)/p-4. The smallest absolute Gasteiger partial charge is 0.124 e. The van der Waals surface area contributed by atoms with E-state index in [4.69, 9.17) is 9.97 Å². The zero-order valence-electron chi connectivity index (χ0n) is 34.7. The van der Waals surface area contributed by atoms with Crippen LogP contribution in [0, 0.1) is 0 Å². The van der Waals surface area contributed by atoms with Crippen molar-refractivity contribution < 1.29 is 51.9 Å². The second-order valence-corrected chi connectivity index (χ2v) is 27.2. The van der Waals surface area contributed by atoms with Crippen molar-refractivity contribution in [2.24, 2.45) is 0 Å². The number of rotatable bonds is 8. The van der Waals surface area contributed by atoms with Crippen LogP contribution >= 0.6 is 127 Å². The van der Waals surface area contributed by atoms with E-state index in [9.17, 15) is 51.9 Å². The van der Waals surface area contributed by atoms with Gasteiger partial charge in [0.15, 0.2) is 0 Å². The molecule has 0 spiro atoms. The van der Waals surface area contributed by atoms with Crippen molar-refractivity contribution in [2.75, 3.05) is 0 Å². The molecule has 2 aliphatic heterocycles. The van der Waals surface area contributed by atoms with E-state index in [0.29, 0.717) is 102 Å². The van der Waals surface area contributed by atoms with Crippen molar-refractivity contribution in [2.45, 2.75) is 19.6 Å². The predicted octanol–water partition coefficient (Wildman–Crippen LogP) is 12.9. The van der Waals surface area contributed by atoms with Crippen LogP contribution in [-0.4, -0.2) is 71.8 Å². The van der Waals surface area contributed by atoms with Crippen molar-refractivity contribution in [3.63, 3.8) is 0 Å². The number of hydrogen-bond acceptors (Lipinski definition) is 14. The average Bonchev–Trinajstić information content (AvgIpc) is 3.97. The van der Waals surface area contributed by atoms with Crippen LogP contribution in [-0.2, 0) is 40.5 Å². The van der Waals surface area contributed by atoms with Crippen LogP contribution in [0.5, 0.6) is 0 Å². The molecule has 0 radical (unpaired) electrons. The fourth-order valence-corrected chi connectivity index (χ4v) is 13.6. The maximum absolute atomic E-state index is 12.2. The third-order valence-corrected chi connectivity index (χ3v) is 22.9. The van der Waals surface area contributed by atoms with Gasteiger partial charge in [-0.05, 0) is 198 Å². The molecule has 5 heterocycles. The summed E-state index contributed by atoms with van der Waals surface area (Å²) in [5.41, 5.74) is 4.60. The van der Waals surface area contributed by atoms with Gasteiger partial charge in [0, 0.05) is 22.3 Å². The number of hydrogen-bond donors (Lipinski definition) is 2. The SMILES string of the molecule is O=S(=O)([O-])c1ccc(-c2c3nc(c(-c4ccc(S(=O)(=O)[O-])cc4)c4[nH]c(c(Br)c4Br)c(-c4ccc(S(=O)(=O)[O-])cc4)c4nc(c(-c5ccc(S(=O)(=O)[O-])cc5)c5[nH]c2c(Br)c5Br)C(Br)=C4Br)C(Br)=C3Br)cc1. The van der Waals surface area contributed by atoms with E-state index in [-0.39, 0.29) is 22.8 Å². The number of aromatic nitrogens is 4. The summed E-state index contributed by atoms with van der Waals surface area (Å²) in [6.07, 6.45) is 0. The molecule has 0 unspecified atom stereocenters. The van der Waals surface area contributed by atoms with Crippen LogP contribution in [0.15, 0.2) is 135 Å². The second-order valence-electron chi connectivity index (χ2n) is 15.3. The quantitative estimate of drug-likeness (QED) is 0.134. The molecule has 28 heteroatoms. The van der Waals surface area contributed by atoms with E-state index in [0.717, 1.165) is 48.5 Å². The molecule has 8 bridgehead atoms. The van der Waals surface area contributed by atoms with Gasteiger partial charge in [0.05, 0.1) is 100 Å². The molecule has 370 valence electrons. The van der Waals surface area contributed by atoms with E-state index in [2.05, 4.69) is 137 Å². The first-order chi connectivity index (χ1) is 33.6. The average molecular weight is 1560 g/mol. The van der Waals surface area contributed by atoms with Crippen LogP contribution in [0.3, 0.4) is 0 Å². The van der Waals surface area contributed by atoms with Gasteiger partial charge in [-0.1, -0.05) is 48.5 Å². The van der Waals surface area contributed by atoms with Gasteiger partial charge in [0.2, 0.25) is 0 Å². The fraction of sp³-hybridized carbons (Fsp3) is 0. The molecular weight excluding hydrogens is 1540 g/mol. The summed E-state index contributed by atoms with van der Waals surface area (Å²) in [7, 11) is -19.6. The van der Waals surface area contributed by atoms with E-state index < -0.39 is 60.1 Å². The molecule has 72 heavy (non-hydrogen) atoms. The van der Waals surface area contributed by atoms with Gasteiger partial charge in [-0.15, -0.1) is 0 Å². The zero-order valence-corrected chi connectivity index (χ0v) is 50.6. The highest BCUT2D eigenvalue weighted by Crippen LogP contribution is 2.53. The van der Waals surface area contributed by atoms with E-state index >= 15 is 0 Å². The number of nitrogens with one attached hydrogen (secondary N) is 2. The molecule has 0 fully saturated rings. The van der Waals surface area contributed by atoms with Crippen LogP contribution in [0.1, 0.15) is 22.8 Å². The van der Waals surface area contributed by atoms with Gasteiger partial charge in [-0.2, -0.15) is 0 Å². The van der Waals surface area contributed by atoms with E-state index in [1.807, 2.05) is 0 Å². The molecule has 0 amide bonds. The Hall–Kier alpha value is -3.04. The lowest BCUT2D eigenvalue weighted by molar-refractivity contribution is 0.461. The van der Waals surface area contributed by atoms with E-state index in [1.54, 1.807) is 0 Å². The van der Waals surface area contributed by atoms with Gasteiger partial charge in [0.1, 0.15) is 40.5 Å². The van der Waals surface area contributed by atoms with Crippen LogP contribution < -0.4 is 0 Å². The Morgan fingerprint density at radius 3 is 0.625 bits per heavy atom. The molecule has 4 aromatic carbocycles. The van der Waals surface area contributed by atoms with Gasteiger partial charge >= 0.3 is 0 Å². The van der Waals surface area contributed by atoms with Gasteiger partial charge < -0.3 is 28.2 Å². The largest absolute Gasteiger partial charge is 0.744 e. The van der Waals surface area contributed by atoms with Crippen LogP contribution in [0.4, 0.5) is 0 Å². The van der Waals surface area contributed by atoms with Crippen LogP contribution in [0.25, 0.3) is 84.5 Å². The number of nitrogens with zero attached hydrogens (tertiary/aromatic N) is 2. The molecular formula is C44H18Br8N4O12S4-4. The second kappa shape index (κ2) is 19.5. The Balaban J connectivity index is 1.59. The zero-order chi connectivity index (χ0) is 52.3. The minimum atomic E-state index is -4.90. The Bertz CT molecular complexity index is 3720. The predicted molar refractivity (Wildman–Crippen MR) is 295 cm³/mol. The van der Waals surface area contributed by atoms with Crippen LogP contribution in [0.2, 0.25) is 0 Å². The fourth-order valence-electron chi connectivity index (χ4n) is 7.85. The topological polar surface area (TPSA) is 286 Å². The summed E-state index contributed by atoms with van der Waals surface area (Å²) in [4.78, 5) is 15.3. The Morgan fingerprint density at radius 1 is 0.306 bits per heavy atom. The van der Waals surface area contributed by atoms with E-state index in [1.165, 1.54) is 48.5 Å². The molecule has 3 aromatic heterocycles. The molecule has 0 saturated heterocycles. The van der Waals surface area contributed by atoms with Crippen molar-refractivity contribution in [3.05, 3.63) is 138 Å².